The zero-order chi connectivity index (χ0) is 50.0. The molecule has 69 heavy (non-hydrogen) atoms. The molecule has 0 aromatic heterocycles. The molecule has 0 heterocycles. The van der Waals surface area contributed by atoms with E-state index in [9.17, 15) is 14.4 Å². The van der Waals surface area contributed by atoms with Crippen LogP contribution in [-0.4, -0.2) is 37.2 Å². The lowest BCUT2D eigenvalue weighted by atomic mass is 10.0. The number of allylic oxidation sites excluding steroid dienone is 14. The van der Waals surface area contributed by atoms with Gasteiger partial charge in [0.2, 0.25) is 0 Å². The summed E-state index contributed by atoms with van der Waals surface area (Å²) >= 11 is 0. The molecule has 6 heteroatoms. The van der Waals surface area contributed by atoms with Gasteiger partial charge < -0.3 is 14.2 Å². The van der Waals surface area contributed by atoms with Crippen LogP contribution in [0.4, 0.5) is 0 Å². The first-order valence-electron chi connectivity index (χ1n) is 29.1. The maximum absolute atomic E-state index is 12.9. The van der Waals surface area contributed by atoms with E-state index in [2.05, 4.69) is 99.8 Å². The van der Waals surface area contributed by atoms with E-state index in [0.29, 0.717) is 19.3 Å². The average Bonchev–Trinajstić information content (AvgIpc) is 3.35. The first-order valence-corrected chi connectivity index (χ1v) is 29.1. The van der Waals surface area contributed by atoms with Crippen LogP contribution in [0.3, 0.4) is 0 Å². The van der Waals surface area contributed by atoms with E-state index in [0.717, 1.165) is 70.6 Å². The van der Waals surface area contributed by atoms with Crippen LogP contribution in [0.5, 0.6) is 0 Å². The minimum Gasteiger partial charge on any atom is -0.462 e. The van der Waals surface area contributed by atoms with Crippen molar-refractivity contribution in [2.45, 2.75) is 284 Å². The number of unbranched alkanes of at least 4 members (excludes halogenated alkanes) is 27. The first kappa shape index (κ1) is 65.6. The lowest BCUT2D eigenvalue weighted by Gasteiger charge is -2.18. The van der Waals surface area contributed by atoms with Gasteiger partial charge in [-0.1, -0.05) is 254 Å². The minimum atomic E-state index is -0.808. The molecule has 0 saturated heterocycles. The molecule has 0 rings (SSSR count). The number of hydrogen-bond donors (Lipinski definition) is 0. The fraction of sp³-hybridized carbons (Fsp3) is 0.730. The third-order valence-corrected chi connectivity index (χ3v) is 12.4. The second kappa shape index (κ2) is 57.2. The van der Waals surface area contributed by atoms with Crippen molar-refractivity contribution in [3.05, 3.63) is 85.1 Å². The zero-order valence-electron chi connectivity index (χ0n) is 45.3. The van der Waals surface area contributed by atoms with E-state index in [1.165, 1.54) is 161 Å². The van der Waals surface area contributed by atoms with Gasteiger partial charge in [-0.3, -0.25) is 14.4 Å². The zero-order valence-corrected chi connectivity index (χ0v) is 45.3. The molecule has 0 spiro atoms. The smallest absolute Gasteiger partial charge is 0.306 e. The largest absolute Gasteiger partial charge is 0.462 e. The summed E-state index contributed by atoms with van der Waals surface area (Å²) in [5.41, 5.74) is 0. The number of carbonyl (C=O) groups excluding carboxylic acids is 3. The molecule has 0 radical (unpaired) electrons. The summed E-state index contributed by atoms with van der Waals surface area (Å²) in [5, 5.41) is 0. The van der Waals surface area contributed by atoms with Crippen LogP contribution < -0.4 is 0 Å². The molecule has 0 amide bonds. The highest BCUT2D eigenvalue weighted by Crippen LogP contribution is 2.15. The monoisotopic (exact) mass is 961 g/mol. The SMILES string of the molecule is CCCCC/C=C\C/C=C\C/C=C\C/C=C\C/C=C\CCC(=O)OC[C@H](COC(=O)CCCCCCCCCCCCCCC)OC(=O)CCCCCCCCCCC/C=C\C/C=C\CCCCC. The van der Waals surface area contributed by atoms with E-state index in [1.54, 1.807) is 0 Å². The molecule has 0 saturated carbocycles. The Kier molecular flexibility index (Phi) is 54.3. The first-order chi connectivity index (χ1) is 34.0. The normalized spacial score (nSPS) is 12.7. The molecule has 0 aliphatic heterocycles. The lowest BCUT2D eigenvalue weighted by molar-refractivity contribution is -0.166. The van der Waals surface area contributed by atoms with Crippen LogP contribution in [0.25, 0.3) is 0 Å². The Morgan fingerprint density at radius 1 is 0.290 bits per heavy atom. The maximum atomic E-state index is 12.9. The van der Waals surface area contributed by atoms with Crippen molar-refractivity contribution >= 4 is 17.9 Å². The van der Waals surface area contributed by atoms with Crippen molar-refractivity contribution in [2.24, 2.45) is 0 Å². The molecule has 0 bridgehead atoms. The third-order valence-electron chi connectivity index (χ3n) is 12.4. The van der Waals surface area contributed by atoms with Gasteiger partial charge in [0.1, 0.15) is 13.2 Å². The van der Waals surface area contributed by atoms with Crippen LogP contribution in [0.1, 0.15) is 278 Å². The maximum Gasteiger partial charge on any atom is 0.306 e. The van der Waals surface area contributed by atoms with E-state index < -0.39 is 6.10 Å². The predicted molar refractivity (Wildman–Crippen MR) is 297 cm³/mol. The summed E-state index contributed by atoms with van der Waals surface area (Å²) in [5.74, 6) is -0.983. The predicted octanol–water partition coefficient (Wildman–Crippen LogP) is 19.5. The number of esters is 3. The molecule has 0 aliphatic carbocycles. The van der Waals surface area contributed by atoms with E-state index in [-0.39, 0.29) is 37.5 Å². The summed E-state index contributed by atoms with van der Waals surface area (Å²) in [6.07, 6.45) is 74.4. The Hall–Kier alpha value is -3.41. The van der Waals surface area contributed by atoms with Gasteiger partial charge in [0.15, 0.2) is 6.10 Å². The topological polar surface area (TPSA) is 78.9 Å². The Bertz CT molecular complexity index is 1330. The van der Waals surface area contributed by atoms with Gasteiger partial charge in [-0.25, -0.2) is 0 Å². The van der Waals surface area contributed by atoms with Gasteiger partial charge in [0, 0.05) is 19.3 Å². The van der Waals surface area contributed by atoms with Gasteiger partial charge in [0.05, 0.1) is 0 Å². The molecule has 0 fully saturated rings. The van der Waals surface area contributed by atoms with Gasteiger partial charge in [-0.2, -0.15) is 0 Å². The standard InChI is InChI=1S/C63H108O6/c1-4-7-10-13-16-19-22-25-27-29-31-33-35-38-41-44-47-50-53-56-62(65)68-59-60(58-67-61(64)55-52-49-46-43-40-37-24-21-18-15-12-9-6-3)69-63(66)57-54-51-48-45-42-39-36-34-32-30-28-26-23-20-17-14-11-8-5-2/h16-17,19-20,25-28,31,33,38,41,47,50,60H,4-15,18,21-24,29-30,32,34-37,39-40,42-46,48-49,51-59H2,1-3H3/b19-16-,20-17-,27-25-,28-26-,33-31-,41-38-,50-47-/t60-/m0/s1. The lowest BCUT2D eigenvalue weighted by Crippen LogP contribution is -2.30. The number of ether oxygens (including phenoxy) is 3. The van der Waals surface area contributed by atoms with Crippen LogP contribution in [0, 0.1) is 0 Å². The summed E-state index contributed by atoms with van der Waals surface area (Å²) < 4.78 is 16.8. The van der Waals surface area contributed by atoms with Crippen molar-refractivity contribution in [3.8, 4) is 0 Å². The van der Waals surface area contributed by atoms with Gasteiger partial charge in [-0.05, 0) is 89.9 Å². The van der Waals surface area contributed by atoms with Crippen LogP contribution >= 0.6 is 0 Å². The van der Waals surface area contributed by atoms with Crippen molar-refractivity contribution in [3.63, 3.8) is 0 Å². The second-order valence-corrected chi connectivity index (χ2v) is 19.2. The van der Waals surface area contributed by atoms with Crippen LogP contribution in [-0.2, 0) is 28.6 Å². The molecule has 6 nitrogen and oxygen atoms in total. The highest BCUT2D eigenvalue weighted by molar-refractivity contribution is 5.71. The van der Waals surface area contributed by atoms with E-state index in [1.807, 2.05) is 6.08 Å². The molecule has 0 aromatic rings. The van der Waals surface area contributed by atoms with Gasteiger partial charge in [0.25, 0.3) is 0 Å². The number of carbonyl (C=O) groups is 3. The molecule has 0 N–H and O–H groups in total. The Morgan fingerprint density at radius 2 is 0.551 bits per heavy atom. The summed E-state index contributed by atoms with van der Waals surface area (Å²) in [7, 11) is 0. The van der Waals surface area contributed by atoms with Crippen LogP contribution in [0.15, 0.2) is 85.1 Å². The second-order valence-electron chi connectivity index (χ2n) is 19.2. The molecule has 0 aromatic carbocycles. The van der Waals surface area contributed by atoms with E-state index >= 15 is 0 Å². The van der Waals surface area contributed by atoms with Crippen molar-refractivity contribution in [1.82, 2.24) is 0 Å². The highest BCUT2D eigenvalue weighted by atomic mass is 16.6. The number of hydrogen-bond acceptors (Lipinski definition) is 6. The Labute approximate surface area is 426 Å². The van der Waals surface area contributed by atoms with Crippen molar-refractivity contribution < 1.29 is 28.6 Å². The van der Waals surface area contributed by atoms with E-state index in [4.69, 9.17) is 14.2 Å². The average molecular weight is 962 g/mol. The summed E-state index contributed by atoms with van der Waals surface area (Å²) in [6, 6.07) is 0. The third kappa shape index (κ3) is 55.4. The minimum absolute atomic E-state index is 0.0991. The van der Waals surface area contributed by atoms with Crippen molar-refractivity contribution in [2.75, 3.05) is 13.2 Å². The Balaban J connectivity index is 4.47. The van der Waals surface area contributed by atoms with Gasteiger partial charge >= 0.3 is 17.9 Å². The van der Waals surface area contributed by atoms with Gasteiger partial charge in [-0.15, -0.1) is 0 Å². The molecule has 1 atom stereocenters. The number of rotatable bonds is 52. The fourth-order valence-corrected chi connectivity index (χ4v) is 7.99. The quantitative estimate of drug-likeness (QED) is 0.0262. The fourth-order valence-electron chi connectivity index (χ4n) is 7.99. The summed E-state index contributed by atoms with van der Waals surface area (Å²) in [4.78, 5) is 38.1. The highest BCUT2D eigenvalue weighted by Gasteiger charge is 2.19. The van der Waals surface area contributed by atoms with Crippen LogP contribution in [0.2, 0.25) is 0 Å². The summed E-state index contributed by atoms with van der Waals surface area (Å²) in [6.45, 7) is 6.53. The molecular weight excluding hydrogens is 853 g/mol. The molecular formula is C63H108O6. The molecule has 0 aliphatic rings. The molecule has 396 valence electrons. The van der Waals surface area contributed by atoms with Crippen molar-refractivity contribution in [1.29, 1.82) is 0 Å². The Morgan fingerprint density at radius 3 is 0.928 bits per heavy atom. The molecule has 0 unspecified atom stereocenters.